The van der Waals surface area contributed by atoms with Gasteiger partial charge in [-0.1, -0.05) is 13.8 Å². The van der Waals surface area contributed by atoms with Gasteiger partial charge in [-0.15, -0.1) is 0 Å². The molecule has 128 valence electrons. The molecule has 0 radical (unpaired) electrons. The van der Waals surface area contributed by atoms with Crippen LogP contribution >= 0.6 is 0 Å². The summed E-state index contributed by atoms with van der Waals surface area (Å²) in [6.45, 7) is 4.05. The Morgan fingerprint density at radius 2 is 2.13 bits per heavy atom. The molecule has 2 heterocycles. The second kappa shape index (κ2) is 7.83. The Kier molecular flexibility index (Phi) is 6.06. The first-order valence-electron chi connectivity index (χ1n) is 7.74. The number of pyridine rings is 1. The molecule has 1 aromatic rings. The Morgan fingerprint density at radius 3 is 2.74 bits per heavy atom. The number of aliphatic hydroxyl groups excluding tert-OH is 3. The van der Waals surface area contributed by atoms with Crippen LogP contribution in [0, 0.1) is 5.92 Å². The normalized spacial score (nSPS) is 27.4. The topological polar surface area (TPSA) is 100 Å². The van der Waals surface area contributed by atoms with E-state index in [0.29, 0.717) is 18.1 Å². The van der Waals surface area contributed by atoms with Crippen molar-refractivity contribution in [1.29, 1.82) is 0 Å². The molecule has 1 aliphatic rings. The maximum absolute atomic E-state index is 12.0. The van der Waals surface area contributed by atoms with Crippen molar-refractivity contribution in [1.82, 2.24) is 0 Å². The van der Waals surface area contributed by atoms with Crippen LogP contribution in [0.25, 0.3) is 0 Å². The zero-order chi connectivity index (χ0) is 17.0. The highest BCUT2D eigenvalue weighted by molar-refractivity contribution is 5.88. The van der Waals surface area contributed by atoms with Gasteiger partial charge in [-0.3, -0.25) is 0 Å². The van der Waals surface area contributed by atoms with Crippen LogP contribution in [0.4, 0.5) is 0 Å². The number of carbonyl (C=O) groups is 1. The van der Waals surface area contributed by atoms with Crippen molar-refractivity contribution in [3.05, 3.63) is 30.1 Å². The first-order chi connectivity index (χ1) is 10.9. The lowest BCUT2D eigenvalue weighted by atomic mass is 10.1. The molecule has 1 fully saturated rings. The lowest BCUT2D eigenvalue weighted by Gasteiger charge is -2.10. The lowest BCUT2D eigenvalue weighted by molar-refractivity contribution is -0.765. The number of nitrogens with zero attached hydrogens (tertiary/aromatic N) is 1. The van der Waals surface area contributed by atoms with Crippen LogP contribution in [0.3, 0.4) is 0 Å². The van der Waals surface area contributed by atoms with Crippen LogP contribution in [0.15, 0.2) is 24.5 Å². The third kappa shape index (κ3) is 4.26. The number of rotatable bonds is 6. The van der Waals surface area contributed by atoms with Gasteiger partial charge in [0, 0.05) is 6.07 Å². The molecule has 7 nitrogen and oxygen atoms in total. The van der Waals surface area contributed by atoms with Gasteiger partial charge in [0.05, 0.1) is 13.2 Å². The Hall–Kier alpha value is -1.54. The smallest absolute Gasteiger partial charge is 0.344 e. The van der Waals surface area contributed by atoms with Crippen LogP contribution in [-0.2, 0) is 9.47 Å². The highest BCUT2D eigenvalue weighted by Crippen LogP contribution is 2.25. The fourth-order valence-electron chi connectivity index (χ4n) is 2.37. The van der Waals surface area contributed by atoms with Gasteiger partial charge in [-0.2, -0.15) is 4.57 Å². The second-order valence-corrected chi connectivity index (χ2v) is 6.09. The van der Waals surface area contributed by atoms with Crippen LogP contribution in [0.5, 0.6) is 0 Å². The summed E-state index contributed by atoms with van der Waals surface area (Å²) in [7, 11) is 0. The number of carbonyl (C=O) groups excluding carboxylic acids is 1. The van der Waals surface area contributed by atoms with Crippen LogP contribution < -0.4 is 4.57 Å². The van der Waals surface area contributed by atoms with Crippen molar-refractivity contribution in [2.45, 2.75) is 44.8 Å². The summed E-state index contributed by atoms with van der Waals surface area (Å²) in [5.41, 5.74) is 0.328. The number of aromatic nitrogens is 1. The number of esters is 1. The second-order valence-electron chi connectivity index (χ2n) is 6.09. The van der Waals surface area contributed by atoms with E-state index in [0.717, 1.165) is 6.42 Å². The maximum Gasteiger partial charge on any atom is 0.344 e. The van der Waals surface area contributed by atoms with E-state index in [9.17, 15) is 15.0 Å². The molecule has 0 aliphatic carbocycles. The van der Waals surface area contributed by atoms with Crippen molar-refractivity contribution in [2.75, 3.05) is 13.2 Å². The third-order valence-corrected chi connectivity index (χ3v) is 3.80. The summed E-state index contributed by atoms with van der Waals surface area (Å²) >= 11 is 0. The molecule has 0 unspecified atom stereocenters. The van der Waals surface area contributed by atoms with Crippen molar-refractivity contribution >= 4 is 5.97 Å². The lowest BCUT2D eigenvalue weighted by Crippen LogP contribution is -2.46. The molecule has 23 heavy (non-hydrogen) atoms. The van der Waals surface area contributed by atoms with Gasteiger partial charge in [-0.25, -0.2) is 4.79 Å². The summed E-state index contributed by atoms with van der Waals surface area (Å²) in [6.07, 6.45) is -0.199. The molecular weight excluding hydrogens is 302 g/mol. The molecular formula is C16H24NO6+. The Bertz CT molecular complexity index is 535. The van der Waals surface area contributed by atoms with Crippen LogP contribution in [-0.4, -0.2) is 52.8 Å². The van der Waals surface area contributed by atoms with E-state index in [1.165, 1.54) is 10.8 Å². The van der Waals surface area contributed by atoms with E-state index in [-0.39, 0.29) is 0 Å². The van der Waals surface area contributed by atoms with Crippen LogP contribution in [0.2, 0.25) is 0 Å². The highest BCUT2D eigenvalue weighted by atomic mass is 16.6. The van der Waals surface area contributed by atoms with Gasteiger partial charge in [0.15, 0.2) is 18.5 Å². The molecule has 1 aromatic heterocycles. The van der Waals surface area contributed by atoms with Crippen molar-refractivity contribution in [2.24, 2.45) is 5.92 Å². The summed E-state index contributed by atoms with van der Waals surface area (Å²) < 4.78 is 12.1. The van der Waals surface area contributed by atoms with Crippen molar-refractivity contribution < 1.29 is 34.2 Å². The summed E-state index contributed by atoms with van der Waals surface area (Å²) in [4.78, 5) is 12.0. The van der Waals surface area contributed by atoms with E-state index < -0.39 is 37.1 Å². The number of hydrogen-bond acceptors (Lipinski definition) is 6. The maximum atomic E-state index is 12.0. The van der Waals surface area contributed by atoms with E-state index in [1.807, 2.05) is 13.8 Å². The Morgan fingerprint density at radius 1 is 1.39 bits per heavy atom. The van der Waals surface area contributed by atoms with E-state index in [4.69, 9.17) is 14.6 Å². The highest BCUT2D eigenvalue weighted by Gasteiger charge is 2.48. The summed E-state index contributed by atoms with van der Waals surface area (Å²) in [5, 5.41) is 28.9. The largest absolute Gasteiger partial charge is 0.462 e. The first-order valence-corrected chi connectivity index (χ1v) is 7.74. The van der Waals surface area contributed by atoms with Gasteiger partial charge in [-0.05, 0) is 18.4 Å². The molecule has 1 aliphatic heterocycles. The zero-order valence-corrected chi connectivity index (χ0v) is 13.3. The number of hydrogen-bond donors (Lipinski definition) is 3. The zero-order valence-electron chi connectivity index (χ0n) is 13.3. The molecule has 0 aromatic carbocycles. The summed E-state index contributed by atoms with van der Waals surface area (Å²) in [6, 6.07) is 3.24. The average Bonchev–Trinajstić information content (AvgIpc) is 2.82. The number of ether oxygens (including phenoxy) is 2. The first kappa shape index (κ1) is 17.8. The molecule has 2 rings (SSSR count). The van der Waals surface area contributed by atoms with Gasteiger partial charge >= 0.3 is 5.97 Å². The molecule has 0 bridgehead atoms. The Labute approximate surface area is 135 Å². The third-order valence-electron chi connectivity index (χ3n) is 3.80. The average molecular weight is 326 g/mol. The molecule has 1 saturated heterocycles. The molecule has 3 N–H and O–H groups in total. The van der Waals surface area contributed by atoms with Gasteiger partial charge in [0.1, 0.15) is 17.8 Å². The Balaban J connectivity index is 2.06. The van der Waals surface area contributed by atoms with E-state index in [1.54, 1.807) is 18.3 Å². The van der Waals surface area contributed by atoms with E-state index >= 15 is 0 Å². The molecule has 7 heteroatoms. The minimum absolute atomic E-state index is 0.328. The quantitative estimate of drug-likeness (QED) is 0.494. The molecule has 0 amide bonds. The fraction of sp³-hybridized carbons (Fsp3) is 0.625. The molecule has 0 spiro atoms. The van der Waals surface area contributed by atoms with Crippen molar-refractivity contribution in [3.63, 3.8) is 0 Å². The molecule has 4 atom stereocenters. The molecule has 0 saturated carbocycles. The summed E-state index contributed by atoms with van der Waals surface area (Å²) in [5.74, 6) is -0.00538. The SMILES string of the molecule is CC(C)CCOC(=O)c1ccc[n+]([C@@H]2O[C@H](CO)[C@@H](O)[C@H]2O)c1. The fourth-order valence-corrected chi connectivity index (χ4v) is 2.37. The van der Waals surface area contributed by atoms with E-state index in [2.05, 4.69) is 0 Å². The predicted octanol–water partition coefficient (Wildman–Crippen LogP) is -0.212. The van der Waals surface area contributed by atoms with Gasteiger partial charge in [0.25, 0.3) is 6.23 Å². The number of aliphatic hydroxyl groups is 3. The van der Waals surface area contributed by atoms with Crippen LogP contribution in [0.1, 0.15) is 36.9 Å². The standard InChI is InChI=1S/C16H24NO6/c1-10(2)5-7-22-16(21)11-4-3-6-17(8-11)15-14(20)13(19)12(9-18)23-15/h3-4,6,8,10,12-15,18-20H,5,7,9H2,1-2H3/q+1/t12-,13-,14-,15-/m1/s1. The minimum atomic E-state index is -1.19. The monoisotopic (exact) mass is 326 g/mol. The minimum Gasteiger partial charge on any atom is -0.462 e. The predicted molar refractivity (Wildman–Crippen MR) is 79.4 cm³/mol. The van der Waals surface area contributed by atoms with Gasteiger partial charge < -0.3 is 24.8 Å². The van der Waals surface area contributed by atoms with Crippen molar-refractivity contribution in [3.8, 4) is 0 Å². The van der Waals surface area contributed by atoms with Gasteiger partial charge in [0.2, 0.25) is 0 Å².